The van der Waals surface area contributed by atoms with Crippen molar-refractivity contribution in [3.63, 3.8) is 0 Å². The molecule has 0 amide bonds. The largest absolute Gasteiger partial charge is 0.353 e. The molecule has 4 heteroatoms. The van der Waals surface area contributed by atoms with E-state index in [0.29, 0.717) is 17.9 Å². The predicted octanol–water partition coefficient (Wildman–Crippen LogP) is 0.850. The second-order valence-electron chi connectivity index (χ2n) is 3.64. The molecule has 0 aliphatic carbocycles. The maximum atomic E-state index is 5.29. The van der Waals surface area contributed by atoms with Crippen molar-refractivity contribution in [3.8, 4) is 0 Å². The van der Waals surface area contributed by atoms with Crippen molar-refractivity contribution < 1.29 is 0 Å². The number of hydrogen-bond acceptors (Lipinski definition) is 2. The molecule has 4 nitrogen and oxygen atoms in total. The molecule has 4 N–H and O–H groups in total. The minimum Gasteiger partial charge on any atom is -0.353 e. The highest BCUT2D eigenvalue weighted by Gasteiger charge is 2.05. The normalized spacial score (nSPS) is 14.5. The van der Waals surface area contributed by atoms with Gasteiger partial charge in [0, 0.05) is 12.6 Å². The van der Waals surface area contributed by atoms with Crippen LogP contribution in [0.4, 0.5) is 0 Å². The highest BCUT2D eigenvalue weighted by Crippen LogP contribution is 2.03. The zero-order chi connectivity index (χ0) is 10.3. The van der Waals surface area contributed by atoms with E-state index >= 15 is 0 Å². The number of nitrogens with two attached hydrogens (primary N) is 1. The van der Waals surface area contributed by atoms with Crippen LogP contribution >= 0.6 is 0 Å². The van der Waals surface area contributed by atoms with Crippen molar-refractivity contribution in [1.82, 2.24) is 10.7 Å². The molecule has 0 bridgehead atoms. The first-order valence-electron chi connectivity index (χ1n) is 4.87. The van der Waals surface area contributed by atoms with Gasteiger partial charge in [0.2, 0.25) is 5.96 Å². The molecule has 0 saturated heterocycles. The van der Waals surface area contributed by atoms with Crippen LogP contribution in [0.5, 0.6) is 0 Å². The highest BCUT2D eigenvalue weighted by atomic mass is 15.3. The monoisotopic (exact) mass is 186 g/mol. The Hall–Kier alpha value is -0.770. The third-order valence-corrected chi connectivity index (χ3v) is 1.66. The Bertz CT molecular complexity index is 154. The van der Waals surface area contributed by atoms with Gasteiger partial charge in [0.05, 0.1) is 0 Å². The molecule has 1 atom stereocenters. The Morgan fingerprint density at radius 1 is 1.38 bits per heavy atom. The average Bonchev–Trinajstić information content (AvgIpc) is 2.02. The van der Waals surface area contributed by atoms with Crippen LogP contribution in [0.1, 0.15) is 34.1 Å². The summed E-state index contributed by atoms with van der Waals surface area (Å²) in [6, 6.07) is 0.404. The summed E-state index contributed by atoms with van der Waals surface area (Å²) in [5.74, 6) is 6.65. The molecule has 0 aromatic carbocycles. The first-order chi connectivity index (χ1) is 6.10. The quantitative estimate of drug-likeness (QED) is 0.264. The van der Waals surface area contributed by atoms with Crippen molar-refractivity contribution in [2.24, 2.45) is 16.8 Å². The third-order valence-electron chi connectivity index (χ3n) is 1.66. The minimum atomic E-state index is 0.404. The topological polar surface area (TPSA) is 62.4 Å². The smallest absolute Gasteiger partial charge is 0.205 e. The fourth-order valence-corrected chi connectivity index (χ4v) is 1.29. The van der Waals surface area contributed by atoms with Crippen molar-refractivity contribution in [3.05, 3.63) is 0 Å². The zero-order valence-electron chi connectivity index (χ0n) is 9.09. The lowest BCUT2D eigenvalue weighted by Crippen LogP contribution is -2.45. The fraction of sp³-hybridized carbons (Fsp3) is 0.889. The molecule has 0 heterocycles. The van der Waals surface area contributed by atoms with Crippen LogP contribution < -0.4 is 16.6 Å². The van der Waals surface area contributed by atoms with Gasteiger partial charge in [-0.3, -0.25) is 10.4 Å². The molecular formula is C9H22N4. The van der Waals surface area contributed by atoms with Gasteiger partial charge in [0.25, 0.3) is 0 Å². The Morgan fingerprint density at radius 3 is 2.38 bits per heavy atom. The van der Waals surface area contributed by atoms with Crippen molar-refractivity contribution in [2.75, 3.05) is 6.54 Å². The van der Waals surface area contributed by atoms with E-state index in [9.17, 15) is 0 Å². The Balaban J connectivity index is 3.86. The van der Waals surface area contributed by atoms with Gasteiger partial charge < -0.3 is 5.32 Å². The average molecular weight is 186 g/mol. The molecule has 1 unspecified atom stereocenters. The molecular weight excluding hydrogens is 164 g/mol. The lowest BCUT2D eigenvalue weighted by Gasteiger charge is -2.17. The zero-order valence-corrected chi connectivity index (χ0v) is 9.09. The van der Waals surface area contributed by atoms with E-state index < -0.39 is 0 Å². The van der Waals surface area contributed by atoms with Crippen LogP contribution in [0.15, 0.2) is 4.99 Å². The molecule has 0 rings (SSSR count). The van der Waals surface area contributed by atoms with E-state index in [1.807, 2.05) is 6.92 Å². The molecule has 0 aliphatic heterocycles. The third kappa shape index (κ3) is 6.40. The van der Waals surface area contributed by atoms with E-state index in [0.717, 1.165) is 13.0 Å². The number of rotatable bonds is 4. The molecule has 78 valence electrons. The van der Waals surface area contributed by atoms with Crippen LogP contribution in [-0.4, -0.2) is 18.5 Å². The van der Waals surface area contributed by atoms with Crippen LogP contribution in [0.25, 0.3) is 0 Å². The summed E-state index contributed by atoms with van der Waals surface area (Å²) in [5, 5.41) is 3.21. The van der Waals surface area contributed by atoms with Crippen LogP contribution in [0.3, 0.4) is 0 Å². The summed E-state index contributed by atoms with van der Waals surface area (Å²) >= 11 is 0. The van der Waals surface area contributed by atoms with Gasteiger partial charge in [-0.1, -0.05) is 13.8 Å². The molecule has 0 saturated carbocycles. The maximum absolute atomic E-state index is 5.29. The van der Waals surface area contributed by atoms with Crippen molar-refractivity contribution in [1.29, 1.82) is 0 Å². The van der Waals surface area contributed by atoms with Gasteiger partial charge in [-0.15, -0.1) is 0 Å². The number of guanidine groups is 1. The summed E-state index contributed by atoms with van der Waals surface area (Å²) in [7, 11) is 0. The minimum absolute atomic E-state index is 0.404. The van der Waals surface area contributed by atoms with Gasteiger partial charge in [0.15, 0.2) is 0 Å². The molecule has 0 aromatic rings. The lowest BCUT2D eigenvalue weighted by molar-refractivity contribution is 0.486. The van der Waals surface area contributed by atoms with Gasteiger partial charge in [-0.05, 0) is 26.2 Å². The summed E-state index contributed by atoms with van der Waals surface area (Å²) in [4.78, 5) is 4.16. The van der Waals surface area contributed by atoms with Crippen molar-refractivity contribution in [2.45, 2.75) is 40.2 Å². The summed E-state index contributed by atoms with van der Waals surface area (Å²) in [5.41, 5.74) is 2.55. The lowest BCUT2D eigenvalue weighted by atomic mass is 10.1. The van der Waals surface area contributed by atoms with Crippen LogP contribution in [0, 0.1) is 5.92 Å². The van der Waals surface area contributed by atoms with Gasteiger partial charge in [-0.25, -0.2) is 5.84 Å². The summed E-state index contributed by atoms with van der Waals surface area (Å²) in [6.07, 6.45) is 1.12. The number of hydrazine groups is 1. The van der Waals surface area contributed by atoms with Gasteiger partial charge >= 0.3 is 0 Å². The molecule has 13 heavy (non-hydrogen) atoms. The second kappa shape index (κ2) is 6.71. The van der Waals surface area contributed by atoms with Crippen molar-refractivity contribution >= 4 is 5.96 Å². The number of nitrogens with one attached hydrogen (secondary N) is 2. The van der Waals surface area contributed by atoms with Crippen LogP contribution in [-0.2, 0) is 0 Å². The Morgan fingerprint density at radius 2 is 2.00 bits per heavy atom. The van der Waals surface area contributed by atoms with E-state index in [1.54, 1.807) is 0 Å². The predicted molar refractivity (Wildman–Crippen MR) is 57.4 cm³/mol. The van der Waals surface area contributed by atoms with E-state index in [1.165, 1.54) is 0 Å². The number of hydrogen-bond donors (Lipinski definition) is 3. The molecule has 0 fully saturated rings. The van der Waals surface area contributed by atoms with Gasteiger partial charge in [0.1, 0.15) is 0 Å². The van der Waals surface area contributed by atoms with E-state index in [4.69, 9.17) is 5.84 Å². The number of nitrogens with zero attached hydrogens (tertiary/aromatic N) is 1. The fourth-order valence-electron chi connectivity index (χ4n) is 1.29. The summed E-state index contributed by atoms with van der Waals surface area (Å²) < 4.78 is 0. The highest BCUT2D eigenvalue weighted by molar-refractivity contribution is 5.79. The molecule has 0 spiro atoms. The standard InChI is InChI=1S/C9H22N4/c1-5-11-9(13-10)12-8(4)6-7(2)3/h7-8H,5-6,10H2,1-4H3,(H2,11,12,13). The molecule has 0 radical (unpaired) electrons. The SMILES string of the molecule is CCN=C(NN)NC(C)CC(C)C. The maximum Gasteiger partial charge on any atom is 0.205 e. The first kappa shape index (κ1) is 12.2. The van der Waals surface area contributed by atoms with E-state index in [-0.39, 0.29) is 0 Å². The molecule has 0 aromatic heterocycles. The Labute approximate surface area is 81.0 Å². The second-order valence-corrected chi connectivity index (χ2v) is 3.64. The molecule has 0 aliphatic rings. The van der Waals surface area contributed by atoms with E-state index in [2.05, 4.69) is 36.5 Å². The first-order valence-corrected chi connectivity index (χ1v) is 4.87. The Kier molecular flexibility index (Phi) is 6.32. The summed E-state index contributed by atoms with van der Waals surface area (Å²) in [6.45, 7) is 9.24. The number of aliphatic imine (C=N–C) groups is 1. The van der Waals surface area contributed by atoms with Crippen LogP contribution in [0.2, 0.25) is 0 Å². The van der Waals surface area contributed by atoms with Gasteiger partial charge in [-0.2, -0.15) is 0 Å².